The molecule has 4 rings (SSSR count). The van der Waals surface area contributed by atoms with Gasteiger partial charge >= 0.3 is 6.18 Å². The third-order valence-electron chi connectivity index (χ3n) is 4.73. The summed E-state index contributed by atoms with van der Waals surface area (Å²) in [4.78, 5) is 14.6. The Morgan fingerprint density at radius 1 is 1.07 bits per heavy atom. The summed E-state index contributed by atoms with van der Waals surface area (Å²) in [5.41, 5.74) is -0.253. The number of ether oxygens (including phenoxy) is 3. The Balaban J connectivity index is 1.58. The van der Waals surface area contributed by atoms with Gasteiger partial charge in [-0.3, -0.25) is 4.79 Å². The van der Waals surface area contributed by atoms with E-state index >= 15 is 0 Å². The first-order chi connectivity index (χ1) is 13.9. The zero-order valence-electron chi connectivity index (χ0n) is 15.4. The van der Waals surface area contributed by atoms with Crippen LogP contribution in [0, 0.1) is 0 Å². The molecular weight excluding hydrogens is 389 g/mol. The Kier molecular flexibility index (Phi) is 5.23. The molecule has 2 aromatic rings. The van der Waals surface area contributed by atoms with Crippen molar-refractivity contribution in [3.8, 4) is 11.5 Å². The smallest absolute Gasteiger partial charge is 0.416 e. The maximum atomic E-state index is 13.2. The van der Waals surface area contributed by atoms with Gasteiger partial charge in [0, 0.05) is 13.1 Å². The first kappa shape index (κ1) is 19.4. The average Bonchev–Trinajstić information content (AvgIpc) is 2.73. The van der Waals surface area contributed by atoms with Crippen LogP contribution >= 0.6 is 0 Å². The summed E-state index contributed by atoms with van der Waals surface area (Å²) in [6.07, 6.45) is -5.50. The quantitative estimate of drug-likeness (QED) is 0.845. The second-order valence-corrected chi connectivity index (χ2v) is 6.68. The van der Waals surface area contributed by atoms with Crippen LogP contribution < -0.4 is 19.7 Å². The van der Waals surface area contributed by atoms with Gasteiger partial charge in [0.1, 0.15) is 6.61 Å². The van der Waals surface area contributed by atoms with Crippen LogP contribution in [-0.2, 0) is 15.7 Å². The number of benzene rings is 2. The van der Waals surface area contributed by atoms with Crippen molar-refractivity contribution in [1.82, 2.24) is 0 Å². The van der Waals surface area contributed by atoms with Crippen molar-refractivity contribution in [2.45, 2.75) is 12.3 Å². The minimum absolute atomic E-state index is 0.0330. The van der Waals surface area contributed by atoms with E-state index in [1.54, 1.807) is 24.3 Å². The monoisotopic (exact) mass is 408 g/mol. The minimum Gasteiger partial charge on any atom is -0.485 e. The van der Waals surface area contributed by atoms with Gasteiger partial charge in [0.05, 0.1) is 30.2 Å². The highest BCUT2D eigenvalue weighted by atomic mass is 19.4. The summed E-state index contributed by atoms with van der Waals surface area (Å²) >= 11 is 0. The van der Waals surface area contributed by atoms with Gasteiger partial charge in [-0.05, 0) is 30.3 Å². The van der Waals surface area contributed by atoms with E-state index in [-0.39, 0.29) is 12.3 Å². The number of alkyl halides is 3. The van der Waals surface area contributed by atoms with Crippen molar-refractivity contribution >= 4 is 17.3 Å². The van der Waals surface area contributed by atoms with Crippen LogP contribution in [0.1, 0.15) is 5.56 Å². The molecule has 0 bridgehead atoms. The molecule has 1 N–H and O–H groups in total. The molecule has 0 unspecified atom stereocenters. The summed E-state index contributed by atoms with van der Waals surface area (Å²) in [5, 5.41) is 2.59. The van der Waals surface area contributed by atoms with Crippen LogP contribution in [0.5, 0.6) is 11.5 Å². The molecule has 2 aliphatic heterocycles. The van der Waals surface area contributed by atoms with E-state index in [1.165, 1.54) is 6.07 Å². The molecule has 9 heteroatoms. The molecule has 0 saturated carbocycles. The van der Waals surface area contributed by atoms with Gasteiger partial charge in [0.25, 0.3) is 5.91 Å². The standard InChI is InChI=1S/C20H19F3N2O4/c21-20(22,23)13-5-6-15(25-7-9-27-10-8-25)14(11-13)24-19(26)18-12-28-16-3-1-2-4-17(16)29-18/h1-6,11,18H,7-10,12H2,(H,24,26)/t18-/m0/s1. The first-order valence-corrected chi connectivity index (χ1v) is 9.15. The summed E-state index contributed by atoms with van der Waals surface area (Å²) in [7, 11) is 0. The van der Waals surface area contributed by atoms with Gasteiger partial charge in [-0.25, -0.2) is 0 Å². The second-order valence-electron chi connectivity index (χ2n) is 6.68. The molecule has 29 heavy (non-hydrogen) atoms. The number of hydrogen-bond donors (Lipinski definition) is 1. The maximum Gasteiger partial charge on any atom is 0.416 e. The summed E-state index contributed by atoms with van der Waals surface area (Å²) in [6, 6.07) is 10.2. The summed E-state index contributed by atoms with van der Waals surface area (Å²) < 4.78 is 56.1. The number of fused-ring (bicyclic) bond motifs is 1. The van der Waals surface area contributed by atoms with E-state index in [4.69, 9.17) is 14.2 Å². The molecule has 0 aromatic heterocycles. The fourth-order valence-corrected chi connectivity index (χ4v) is 3.25. The van der Waals surface area contributed by atoms with E-state index in [9.17, 15) is 18.0 Å². The van der Waals surface area contributed by atoms with Gasteiger partial charge in [-0.1, -0.05) is 12.1 Å². The molecule has 0 radical (unpaired) electrons. The van der Waals surface area contributed by atoms with Crippen LogP contribution in [0.4, 0.5) is 24.5 Å². The Labute approximate surface area is 165 Å². The van der Waals surface area contributed by atoms with Gasteiger partial charge in [0.2, 0.25) is 6.10 Å². The predicted octanol–water partition coefficient (Wildman–Crippen LogP) is 3.32. The van der Waals surface area contributed by atoms with Crippen molar-refractivity contribution in [2.24, 2.45) is 0 Å². The zero-order chi connectivity index (χ0) is 20.4. The molecule has 2 aliphatic rings. The van der Waals surface area contributed by atoms with Crippen molar-refractivity contribution in [2.75, 3.05) is 43.1 Å². The van der Waals surface area contributed by atoms with Gasteiger partial charge in [0.15, 0.2) is 11.5 Å². The number of anilines is 2. The first-order valence-electron chi connectivity index (χ1n) is 9.15. The SMILES string of the molecule is O=C(Nc1cc(C(F)(F)F)ccc1N1CCOCC1)[C@@H]1COc2ccccc2O1. The molecule has 154 valence electrons. The van der Waals surface area contributed by atoms with Crippen LogP contribution in [0.25, 0.3) is 0 Å². The highest BCUT2D eigenvalue weighted by Crippen LogP contribution is 2.36. The molecular formula is C20H19F3N2O4. The average molecular weight is 408 g/mol. The lowest BCUT2D eigenvalue weighted by Gasteiger charge is -2.31. The van der Waals surface area contributed by atoms with E-state index in [0.717, 1.165) is 12.1 Å². The molecule has 1 fully saturated rings. The molecule has 2 aromatic carbocycles. The van der Waals surface area contributed by atoms with E-state index < -0.39 is 23.8 Å². The van der Waals surface area contributed by atoms with Crippen molar-refractivity contribution in [3.05, 3.63) is 48.0 Å². The molecule has 1 saturated heterocycles. The minimum atomic E-state index is -4.52. The third kappa shape index (κ3) is 4.24. The van der Waals surface area contributed by atoms with Crippen molar-refractivity contribution in [1.29, 1.82) is 0 Å². The lowest BCUT2D eigenvalue weighted by atomic mass is 10.1. The van der Waals surface area contributed by atoms with Crippen molar-refractivity contribution < 1.29 is 32.2 Å². The van der Waals surface area contributed by atoms with E-state index in [1.807, 2.05) is 4.90 Å². The summed E-state index contributed by atoms with van der Waals surface area (Å²) in [5.74, 6) is 0.356. The molecule has 1 amide bonds. The van der Waals surface area contributed by atoms with Crippen molar-refractivity contribution in [3.63, 3.8) is 0 Å². The maximum absolute atomic E-state index is 13.2. The highest BCUT2D eigenvalue weighted by Gasteiger charge is 2.33. The second kappa shape index (κ2) is 7.82. The van der Waals surface area contributed by atoms with Crippen LogP contribution in [0.3, 0.4) is 0 Å². The molecule has 0 aliphatic carbocycles. The zero-order valence-corrected chi connectivity index (χ0v) is 15.4. The van der Waals surface area contributed by atoms with Gasteiger partial charge in [-0.15, -0.1) is 0 Å². The summed E-state index contributed by atoms with van der Waals surface area (Å²) in [6.45, 7) is 1.93. The van der Waals surface area contributed by atoms with E-state index in [2.05, 4.69) is 5.32 Å². The van der Waals surface area contributed by atoms with Gasteiger partial charge in [-0.2, -0.15) is 13.2 Å². The third-order valence-corrected chi connectivity index (χ3v) is 4.73. The van der Waals surface area contributed by atoms with E-state index in [0.29, 0.717) is 43.5 Å². The van der Waals surface area contributed by atoms with Crippen LogP contribution in [0.15, 0.2) is 42.5 Å². The highest BCUT2D eigenvalue weighted by molar-refractivity contribution is 5.97. The number of carbonyl (C=O) groups excluding carboxylic acids is 1. The predicted molar refractivity (Wildman–Crippen MR) is 99.5 cm³/mol. The number of para-hydroxylation sites is 2. The number of amides is 1. The molecule has 2 heterocycles. The Morgan fingerprint density at radius 3 is 2.52 bits per heavy atom. The van der Waals surface area contributed by atoms with Gasteiger partial charge < -0.3 is 24.4 Å². The number of halogens is 3. The van der Waals surface area contributed by atoms with Crippen LogP contribution in [-0.4, -0.2) is 44.9 Å². The van der Waals surface area contributed by atoms with Crippen LogP contribution in [0.2, 0.25) is 0 Å². The number of morpholine rings is 1. The largest absolute Gasteiger partial charge is 0.485 e. The lowest BCUT2D eigenvalue weighted by molar-refractivity contribution is -0.137. The molecule has 1 atom stereocenters. The fraction of sp³-hybridized carbons (Fsp3) is 0.350. The normalized spacial score (nSPS) is 19.0. The number of carbonyl (C=O) groups is 1. The topological polar surface area (TPSA) is 60.0 Å². The Morgan fingerprint density at radius 2 is 1.79 bits per heavy atom. The Hall–Kier alpha value is -2.94. The molecule has 6 nitrogen and oxygen atoms in total. The Bertz CT molecular complexity index is 898. The number of hydrogen-bond acceptors (Lipinski definition) is 5. The molecule has 0 spiro atoms. The number of rotatable bonds is 3. The number of nitrogens with one attached hydrogen (secondary N) is 1. The fourth-order valence-electron chi connectivity index (χ4n) is 3.25. The lowest BCUT2D eigenvalue weighted by Crippen LogP contribution is -2.41. The number of nitrogens with zero attached hydrogens (tertiary/aromatic N) is 1.